The van der Waals surface area contributed by atoms with E-state index in [-0.39, 0.29) is 62.3 Å². The number of ether oxygens (including phenoxy) is 3. The molecule has 1 aromatic rings. The largest absolute Gasteiger partial charge is 0.455 e. The number of rotatable bonds is 8. The molecule has 3 amide bonds. The van der Waals surface area contributed by atoms with Crippen molar-refractivity contribution in [3.8, 4) is 0 Å². The Morgan fingerprint density at radius 3 is 2.44 bits per heavy atom. The fourth-order valence-corrected chi connectivity index (χ4v) is 8.28. The van der Waals surface area contributed by atoms with E-state index in [0.717, 1.165) is 0 Å². The molecule has 0 aromatic heterocycles. The van der Waals surface area contributed by atoms with Crippen molar-refractivity contribution in [3.63, 3.8) is 0 Å². The Kier molecular flexibility index (Phi) is 10.5. The second kappa shape index (κ2) is 14.1. The zero-order chi connectivity index (χ0) is 34.9. The average molecular weight is 666 g/mol. The highest BCUT2D eigenvalue weighted by Gasteiger charge is 2.73. The summed E-state index contributed by atoms with van der Waals surface area (Å²) in [6.45, 7) is 10.7. The number of likely N-dealkylation sites (tertiary alicyclic amines) is 1. The van der Waals surface area contributed by atoms with Gasteiger partial charge in [0.1, 0.15) is 23.7 Å². The second-order valence-electron chi connectivity index (χ2n) is 15.2. The van der Waals surface area contributed by atoms with Crippen molar-refractivity contribution in [1.29, 1.82) is 0 Å². The summed E-state index contributed by atoms with van der Waals surface area (Å²) in [5, 5.41) is 12.8. The summed E-state index contributed by atoms with van der Waals surface area (Å²) in [4.78, 5) is 60.3. The van der Waals surface area contributed by atoms with Crippen LogP contribution in [0.2, 0.25) is 0 Å². The molecule has 0 saturated carbocycles. The number of methoxy groups -OCH3 is 1. The number of fused-ring (bicyclic) bond motifs is 2. The van der Waals surface area contributed by atoms with Crippen LogP contribution in [0.15, 0.2) is 54.6 Å². The quantitative estimate of drug-likeness (QED) is 0.319. The Balaban J connectivity index is 1.62. The van der Waals surface area contributed by atoms with Gasteiger partial charge in [-0.3, -0.25) is 19.2 Å². The Bertz CT molecular complexity index is 1420. The normalized spacial score (nSPS) is 32.0. The summed E-state index contributed by atoms with van der Waals surface area (Å²) in [6.07, 6.45) is 7.19. The van der Waals surface area contributed by atoms with Crippen LogP contribution in [0.1, 0.15) is 72.0 Å². The van der Waals surface area contributed by atoms with E-state index >= 15 is 0 Å². The zero-order valence-electron chi connectivity index (χ0n) is 29.0. The number of amides is 3. The van der Waals surface area contributed by atoms with Gasteiger partial charge in [0.25, 0.3) is 0 Å². The summed E-state index contributed by atoms with van der Waals surface area (Å²) >= 11 is 0. The molecule has 1 aromatic carbocycles. The van der Waals surface area contributed by atoms with Crippen molar-refractivity contribution in [3.05, 3.63) is 60.2 Å². The number of esters is 1. The molecule has 4 heterocycles. The van der Waals surface area contributed by atoms with E-state index in [4.69, 9.17) is 14.2 Å². The van der Waals surface area contributed by atoms with Crippen LogP contribution >= 0.6 is 0 Å². The number of benzene rings is 1. The van der Waals surface area contributed by atoms with Gasteiger partial charge in [-0.15, -0.1) is 0 Å². The molecule has 0 unspecified atom stereocenters. The van der Waals surface area contributed by atoms with Crippen molar-refractivity contribution in [2.75, 3.05) is 33.4 Å². The molecule has 1 spiro atoms. The van der Waals surface area contributed by atoms with E-state index in [0.29, 0.717) is 18.4 Å². The number of aliphatic hydroxyl groups excluding tert-OH is 1. The van der Waals surface area contributed by atoms with Gasteiger partial charge in [-0.05, 0) is 44.1 Å². The molecular weight excluding hydrogens is 614 g/mol. The number of nitrogens with one attached hydrogen (secondary N) is 1. The lowest BCUT2D eigenvalue weighted by Crippen LogP contribution is -2.60. The third-order valence-electron chi connectivity index (χ3n) is 9.82. The van der Waals surface area contributed by atoms with Crippen LogP contribution in [0.5, 0.6) is 0 Å². The van der Waals surface area contributed by atoms with Gasteiger partial charge in [0.15, 0.2) is 0 Å². The highest BCUT2D eigenvalue weighted by atomic mass is 16.6. The average Bonchev–Trinajstić information content (AvgIpc) is 3.66. The summed E-state index contributed by atoms with van der Waals surface area (Å²) in [5.41, 5.74) is -1.47. The Labute approximate surface area is 283 Å². The molecule has 5 bridgehead atoms. The molecule has 0 radical (unpaired) electrons. The fourth-order valence-electron chi connectivity index (χ4n) is 8.28. The standard InChI is InChI=1S/C37H51N3O8/c1-35(2,3)23-36(4,5)40-20-12-8-11-16-27(42)38-25(22-46-6)30(24-14-9-7-10-15-24)47-34(45)28-26-17-18-37(48-26)29(28)32(43)39(19-13-21-41)31(37)33(40)44/h7-10,12,14-15,17-18,25-26,28-31,41H,11,13,16,19-23H2,1-6H3,(H,38,42)/b12-8-/t25-,26+,28-,29-,30-,31+,37-/m0/s1. The van der Waals surface area contributed by atoms with Crippen LogP contribution in [0, 0.1) is 17.3 Å². The maximum atomic E-state index is 15.0. The summed E-state index contributed by atoms with van der Waals surface area (Å²) < 4.78 is 18.3. The number of hydrogen-bond acceptors (Lipinski definition) is 8. The molecule has 11 heteroatoms. The highest BCUT2D eigenvalue weighted by Crippen LogP contribution is 2.56. The molecule has 48 heavy (non-hydrogen) atoms. The van der Waals surface area contributed by atoms with Crippen molar-refractivity contribution >= 4 is 23.7 Å². The summed E-state index contributed by atoms with van der Waals surface area (Å²) in [6, 6.07) is 7.37. The van der Waals surface area contributed by atoms with E-state index in [1.54, 1.807) is 17.1 Å². The van der Waals surface area contributed by atoms with Crippen LogP contribution in [0.3, 0.4) is 0 Å². The van der Waals surface area contributed by atoms with Crippen molar-refractivity contribution in [2.24, 2.45) is 17.3 Å². The minimum absolute atomic E-state index is 0.0779. The predicted octanol–water partition coefficient (Wildman–Crippen LogP) is 3.33. The maximum Gasteiger partial charge on any atom is 0.313 e. The van der Waals surface area contributed by atoms with E-state index < -0.39 is 53.2 Å². The molecule has 11 nitrogen and oxygen atoms in total. The lowest BCUT2D eigenvalue weighted by molar-refractivity contribution is -0.162. The van der Waals surface area contributed by atoms with E-state index in [9.17, 15) is 24.3 Å². The first-order valence-electron chi connectivity index (χ1n) is 17.0. The van der Waals surface area contributed by atoms with Gasteiger partial charge < -0.3 is 34.4 Å². The van der Waals surface area contributed by atoms with Crippen LogP contribution in [0.25, 0.3) is 0 Å². The molecule has 5 rings (SSSR count). The number of carbonyl (C=O) groups is 4. The van der Waals surface area contributed by atoms with Gasteiger partial charge in [-0.25, -0.2) is 0 Å². The molecule has 2 saturated heterocycles. The third-order valence-corrected chi connectivity index (χ3v) is 9.82. The van der Waals surface area contributed by atoms with Crippen molar-refractivity contribution in [2.45, 2.75) is 95.7 Å². The first-order chi connectivity index (χ1) is 22.7. The van der Waals surface area contributed by atoms with E-state index in [1.807, 2.05) is 56.3 Å². The van der Waals surface area contributed by atoms with Crippen LogP contribution in [0.4, 0.5) is 0 Å². The summed E-state index contributed by atoms with van der Waals surface area (Å²) in [5.74, 6) is -3.57. The van der Waals surface area contributed by atoms with Gasteiger partial charge in [-0.1, -0.05) is 75.4 Å². The van der Waals surface area contributed by atoms with E-state index in [2.05, 4.69) is 26.1 Å². The minimum atomic E-state index is -1.38. The first kappa shape index (κ1) is 35.8. The minimum Gasteiger partial charge on any atom is -0.455 e. The zero-order valence-corrected chi connectivity index (χ0v) is 29.0. The van der Waals surface area contributed by atoms with Crippen LogP contribution in [-0.2, 0) is 33.4 Å². The monoisotopic (exact) mass is 665 g/mol. The summed E-state index contributed by atoms with van der Waals surface area (Å²) in [7, 11) is 1.52. The maximum absolute atomic E-state index is 15.0. The van der Waals surface area contributed by atoms with Gasteiger partial charge in [0.2, 0.25) is 17.7 Å². The molecule has 2 fully saturated rings. The number of carbonyl (C=O) groups excluding carboxylic acids is 4. The molecule has 262 valence electrons. The van der Waals surface area contributed by atoms with Crippen LogP contribution in [-0.4, -0.2) is 101 Å². The Morgan fingerprint density at radius 2 is 1.77 bits per heavy atom. The Hall–Kier alpha value is -3.54. The first-order valence-corrected chi connectivity index (χ1v) is 17.0. The van der Waals surface area contributed by atoms with Gasteiger partial charge in [-0.2, -0.15) is 0 Å². The third kappa shape index (κ3) is 6.95. The number of cyclic esters (lactones) is 1. The number of allylic oxidation sites excluding steroid dienone is 1. The lowest BCUT2D eigenvalue weighted by atomic mass is 9.74. The molecule has 7 atom stereocenters. The van der Waals surface area contributed by atoms with Crippen molar-refractivity contribution in [1.82, 2.24) is 15.1 Å². The molecule has 0 aliphatic carbocycles. The Morgan fingerprint density at radius 1 is 1.04 bits per heavy atom. The SMILES string of the molecule is COC[C@@H]1NC(=O)CC/C=C\CN(C(C)(C)CC(C)(C)C)C(=O)[C@H]2N(CCCO)C(=O)[C@@H]3[C@@H](C(=O)O[C@H]1c1ccccc1)[C@H]1C=C[C@]32O1. The van der Waals surface area contributed by atoms with E-state index in [1.165, 1.54) is 12.0 Å². The van der Waals surface area contributed by atoms with Gasteiger partial charge >= 0.3 is 5.97 Å². The van der Waals surface area contributed by atoms with Gasteiger partial charge in [0.05, 0.1) is 24.7 Å². The molecule has 4 aliphatic rings. The lowest BCUT2D eigenvalue weighted by Gasteiger charge is -2.45. The predicted molar refractivity (Wildman–Crippen MR) is 178 cm³/mol. The highest BCUT2D eigenvalue weighted by molar-refractivity contribution is 5.99. The fraction of sp³-hybridized carbons (Fsp3) is 0.622. The van der Waals surface area contributed by atoms with Crippen LogP contribution < -0.4 is 5.32 Å². The number of hydrogen-bond donors (Lipinski definition) is 2. The topological polar surface area (TPSA) is 135 Å². The molecule has 2 N–H and O–H groups in total. The molecular formula is C37H51N3O8. The molecule has 4 aliphatic heterocycles. The number of aliphatic hydroxyl groups is 1. The van der Waals surface area contributed by atoms with Crippen molar-refractivity contribution < 1.29 is 38.5 Å². The second-order valence-corrected chi connectivity index (χ2v) is 15.2. The number of nitrogens with zero attached hydrogens (tertiary/aromatic N) is 2. The smallest absolute Gasteiger partial charge is 0.313 e. The van der Waals surface area contributed by atoms with Gasteiger partial charge in [0, 0.05) is 38.8 Å².